The molecule has 1 aliphatic carbocycles. The number of thioether (sulfide) groups is 1. The molecule has 1 rings (SSSR count). The Labute approximate surface area is 68.1 Å². The second-order valence-corrected chi connectivity index (χ2v) is 3.90. The van der Waals surface area contributed by atoms with Gasteiger partial charge in [-0.25, -0.2) is 0 Å². The minimum absolute atomic E-state index is 0.979. The molecule has 10 heavy (non-hydrogen) atoms. The van der Waals surface area contributed by atoms with E-state index >= 15 is 0 Å². The monoisotopic (exact) mass is 156 g/mol. The maximum Gasteiger partial charge on any atom is -0.0140 e. The van der Waals surface area contributed by atoms with Crippen LogP contribution in [0.4, 0.5) is 0 Å². The van der Waals surface area contributed by atoms with Crippen molar-refractivity contribution >= 4 is 11.8 Å². The Morgan fingerprint density at radius 1 is 1.70 bits per heavy atom. The largest absolute Gasteiger partial charge is 0.134 e. The summed E-state index contributed by atoms with van der Waals surface area (Å²) in [7, 11) is 0. The summed E-state index contributed by atoms with van der Waals surface area (Å²) >= 11 is 1.92. The van der Waals surface area contributed by atoms with Gasteiger partial charge in [0.05, 0.1) is 0 Å². The van der Waals surface area contributed by atoms with Crippen molar-refractivity contribution < 1.29 is 0 Å². The molecule has 0 N–H and O–H groups in total. The Hall–Kier alpha value is 0.0900. The Kier molecular flexibility index (Phi) is 3.33. The van der Waals surface area contributed by atoms with Crippen molar-refractivity contribution in [2.24, 2.45) is 5.92 Å². The van der Waals surface area contributed by atoms with Crippen LogP contribution in [0.15, 0.2) is 11.0 Å². The molecule has 0 nitrogen and oxygen atoms in total. The average Bonchev–Trinajstić information content (AvgIpc) is 2.37. The van der Waals surface area contributed by atoms with Gasteiger partial charge in [-0.05, 0) is 29.9 Å². The van der Waals surface area contributed by atoms with Crippen LogP contribution in [0.1, 0.15) is 32.6 Å². The van der Waals surface area contributed by atoms with Crippen LogP contribution in [0.25, 0.3) is 0 Å². The van der Waals surface area contributed by atoms with E-state index in [9.17, 15) is 0 Å². The molecule has 0 spiro atoms. The van der Waals surface area contributed by atoms with Crippen LogP contribution in [0.5, 0.6) is 0 Å². The molecule has 0 saturated carbocycles. The fourth-order valence-corrected chi connectivity index (χ4v) is 2.21. The number of hydrogen-bond donors (Lipinski definition) is 0. The smallest absolute Gasteiger partial charge is 0.0140 e. The first-order valence-corrected chi connectivity index (χ1v) is 5.32. The SMILES string of the molecule is CCCC1CC=C(SC)C1. The summed E-state index contributed by atoms with van der Waals surface area (Å²) in [6, 6.07) is 0. The van der Waals surface area contributed by atoms with E-state index in [1.165, 1.54) is 25.7 Å². The molecule has 1 atom stereocenters. The highest BCUT2D eigenvalue weighted by Gasteiger charge is 2.14. The predicted octanol–water partition coefficient (Wildman–Crippen LogP) is 3.44. The van der Waals surface area contributed by atoms with Crippen molar-refractivity contribution in [3.05, 3.63) is 11.0 Å². The lowest BCUT2D eigenvalue weighted by molar-refractivity contribution is 0.512. The molecule has 0 amide bonds. The van der Waals surface area contributed by atoms with Crippen LogP contribution in [0.3, 0.4) is 0 Å². The number of allylic oxidation sites excluding steroid dienone is 2. The van der Waals surface area contributed by atoms with Crippen LogP contribution in [0.2, 0.25) is 0 Å². The van der Waals surface area contributed by atoms with E-state index in [0.717, 1.165) is 5.92 Å². The molecule has 0 aromatic heterocycles. The molecule has 0 aliphatic heterocycles. The molecule has 1 heteroatoms. The van der Waals surface area contributed by atoms with Crippen LogP contribution < -0.4 is 0 Å². The van der Waals surface area contributed by atoms with Gasteiger partial charge in [0, 0.05) is 0 Å². The van der Waals surface area contributed by atoms with Gasteiger partial charge < -0.3 is 0 Å². The Bertz CT molecular complexity index is 127. The van der Waals surface area contributed by atoms with Crippen LogP contribution in [-0.2, 0) is 0 Å². The minimum Gasteiger partial charge on any atom is -0.134 e. The third-order valence-corrected chi connectivity index (χ3v) is 2.99. The van der Waals surface area contributed by atoms with Crippen molar-refractivity contribution in [2.75, 3.05) is 6.26 Å². The van der Waals surface area contributed by atoms with E-state index in [4.69, 9.17) is 0 Å². The van der Waals surface area contributed by atoms with E-state index in [0.29, 0.717) is 0 Å². The van der Waals surface area contributed by atoms with Crippen LogP contribution in [-0.4, -0.2) is 6.26 Å². The first kappa shape index (κ1) is 8.19. The van der Waals surface area contributed by atoms with Gasteiger partial charge in [-0.1, -0.05) is 25.8 Å². The van der Waals surface area contributed by atoms with Crippen LogP contribution >= 0.6 is 11.8 Å². The molecule has 0 aromatic rings. The molecule has 1 aliphatic rings. The third kappa shape index (κ3) is 2.05. The minimum atomic E-state index is 0.979. The van der Waals surface area contributed by atoms with E-state index in [1.54, 1.807) is 4.91 Å². The highest BCUT2D eigenvalue weighted by molar-refractivity contribution is 8.02. The molecule has 0 saturated heterocycles. The van der Waals surface area contributed by atoms with Crippen molar-refractivity contribution in [3.8, 4) is 0 Å². The maximum atomic E-state index is 2.41. The molecule has 0 radical (unpaired) electrons. The first-order chi connectivity index (χ1) is 4.86. The summed E-state index contributed by atoms with van der Waals surface area (Å²) in [6.45, 7) is 2.27. The summed E-state index contributed by atoms with van der Waals surface area (Å²) in [5, 5.41) is 0. The van der Waals surface area contributed by atoms with Crippen molar-refractivity contribution in [1.29, 1.82) is 0 Å². The molecule has 0 fully saturated rings. The predicted molar refractivity (Wildman–Crippen MR) is 49.2 cm³/mol. The van der Waals surface area contributed by atoms with Gasteiger partial charge >= 0.3 is 0 Å². The first-order valence-electron chi connectivity index (χ1n) is 4.09. The van der Waals surface area contributed by atoms with Gasteiger partial charge in [0.2, 0.25) is 0 Å². The fourth-order valence-electron chi connectivity index (χ4n) is 1.54. The standard InChI is InChI=1S/C9H16S/c1-3-4-8-5-6-9(7-8)10-2/h6,8H,3-5,7H2,1-2H3. The number of hydrogen-bond acceptors (Lipinski definition) is 1. The summed E-state index contributed by atoms with van der Waals surface area (Å²) in [4.78, 5) is 1.61. The lowest BCUT2D eigenvalue weighted by Crippen LogP contribution is -1.91. The molecule has 0 aromatic carbocycles. The van der Waals surface area contributed by atoms with Gasteiger partial charge in [0.1, 0.15) is 0 Å². The topological polar surface area (TPSA) is 0 Å². The van der Waals surface area contributed by atoms with Gasteiger partial charge in [-0.3, -0.25) is 0 Å². The molecule has 58 valence electrons. The average molecular weight is 156 g/mol. The normalized spacial score (nSPS) is 25.0. The van der Waals surface area contributed by atoms with Gasteiger partial charge in [-0.2, -0.15) is 0 Å². The van der Waals surface area contributed by atoms with E-state index in [2.05, 4.69) is 19.3 Å². The fraction of sp³-hybridized carbons (Fsp3) is 0.778. The van der Waals surface area contributed by atoms with Crippen molar-refractivity contribution in [3.63, 3.8) is 0 Å². The molecule has 0 heterocycles. The summed E-state index contributed by atoms with van der Waals surface area (Å²) in [5.74, 6) is 0.979. The highest BCUT2D eigenvalue weighted by atomic mass is 32.2. The van der Waals surface area contributed by atoms with Crippen molar-refractivity contribution in [1.82, 2.24) is 0 Å². The van der Waals surface area contributed by atoms with E-state index < -0.39 is 0 Å². The van der Waals surface area contributed by atoms with E-state index in [-0.39, 0.29) is 0 Å². The highest BCUT2D eigenvalue weighted by Crippen LogP contribution is 2.33. The van der Waals surface area contributed by atoms with E-state index in [1.807, 2.05) is 11.8 Å². The Morgan fingerprint density at radius 2 is 2.50 bits per heavy atom. The molecular weight excluding hydrogens is 140 g/mol. The number of rotatable bonds is 3. The summed E-state index contributed by atoms with van der Waals surface area (Å²) in [6.07, 6.45) is 10.0. The lowest BCUT2D eigenvalue weighted by Gasteiger charge is -2.06. The van der Waals surface area contributed by atoms with Crippen LogP contribution in [0, 0.1) is 5.92 Å². The zero-order valence-corrected chi connectivity index (χ0v) is 7.71. The second-order valence-electron chi connectivity index (χ2n) is 2.97. The van der Waals surface area contributed by atoms with Gasteiger partial charge in [0.25, 0.3) is 0 Å². The molecular formula is C9H16S. The zero-order chi connectivity index (χ0) is 7.40. The zero-order valence-electron chi connectivity index (χ0n) is 6.89. The Balaban J connectivity index is 2.22. The van der Waals surface area contributed by atoms with Gasteiger partial charge in [-0.15, -0.1) is 11.8 Å². The van der Waals surface area contributed by atoms with Gasteiger partial charge in [0.15, 0.2) is 0 Å². The molecule has 1 unspecified atom stereocenters. The second kappa shape index (κ2) is 4.07. The quantitative estimate of drug-likeness (QED) is 0.603. The maximum absolute atomic E-state index is 2.41. The van der Waals surface area contributed by atoms with Crippen molar-refractivity contribution in [2.45, 2.75) is 32.6 Å². The summed E-state index contributed by atoms with van der Waals surface area (Å²) in [5.41, 5.74) is 0. The molecule has 0 bridgehead atoms. The Morgan fingerprint density at radius 3 is 3.00 bits per heavy atom. The summed E-state index contributed by atoms with van der Waals surface area (Å²) < 4.78 is 0. The lowest BCUT2D eigenvalue weighted by atomic mass is 10.0. The third-order valence-electron chi connectivity index (χ3n) is 2.13.